The molecule has 3 nitrogen and oxygen atoms in total. The van der Waals surface area contributed by atoms with Crippen LogP contribution in [0.3, 0.4) is 0 Å². The van der Waals surface area contributed by atoms with Crippen molar-refractivity contribution in [3.8, 4) is 27.9 Å². The van der Waals surface area contributed by atoms with Crippen LogP contribution in [0.25, 0.3) is 104 Å². The molecular weight excluding hydrogens is 631 g/mol. The van der Waals surface area contributed by atoms with Gasteiger partial charge >= 0.3 is 0 Å². The lowest BCUT2D eigenvalue weighted by Gasteiger charge is -2.13. The highest BCUT2D eigenvalue weighted by molar-refractivity contribution is 6.27. The molecule has 0 aliphatic carbocycles. The Kier molecular flexibility index (Phi) is 6.11. The smallest absolute Gasteiger partial charge is 0.205 e. The lowest BCUT2D eigenvalue weighted by Crippen LogP contribution is -2.00. The van der Waals surface area contributed by atoms with Crippen molar-refractivity contribution >= 4 is 81.6 Å². The molecule has 0 fully saturated rings. The number of hydrogen-bond donors (Lipinski definition) is 1. The zero-order valence-corrected chi connectivity index (χ0v) is 28.2. The van der Waals surface area contributed by atoms with E-state index in [1.807, 2.05) is 4.57 Å². The van der Waals surface area contributed by atoms with Crippen molar-refractivity contribution in [2.45, 2.75) is 0 Å². The van der Waals surface area contributed by atoms with Gasteiger partial charge in [0.15, 0.2) is 0 Å². The summed E-state index contributed by atoms with van der Waals surface area (Å²) in [7, 11) is 0. The van der Waals surface area contributed by atoms with Crippen molar-refractivity contribution in [1.82, 2.24) is 9.55 Å². The minimum Gasteiger partial charge on any atom is -0.369 e. The number of imidazole rings is 1. The largest absolute Gasteiger partial charge is 0.369 e. The molecule has 3 heteroatoms. The lowest BCUT2D eigenvalue weighted by molar-refractivity contribution is 1.11. The number of nitrogen functional groups attached to an aromatic ring is 1. The van der Waals surface area contributed by atoms with E-state index in [1.54, 1.807) is 0 Å². The van der Waals surface area contributed by atoms with Crippen LogP contribution in [0.15, 0.2) is 176 Å². The number of fused-ring (bicyclic) bond motifs is 13. The minimum atomic E-state index is 0.472. The van der Waals surface area contributed by atoms with Gasteiger partial charge in [-0.3, -0.25) is 4.57 Å². The number of aromatic nitrogens is 2. The monoisotopic (exact) mass is 661 g/mol. The van der Waals surface area contributed by atoms with Crippen molar-refractivity contribution in [3.05, 3.63) is 176 Å². The highest BCUT2D eigenvalue weighted by atomic mass is 15.2. The molecule has 0 aliphatic heterocycles. The predicted molar refractivity (Wildman–Crippen MR) is 221 cm³/mol. The Hall–Kier alpha value is -6.97. The number of hydrogen-bond acceptors (Lipinski definition) is 2. The third-order valence-electron chi connectivity index (χ3n) is 11.0. The fourth-order valence-electron chi connectivity index (χ4n) is 8.53. The van der Waals surface area contributed by atoms with E-state index < -0.39 is 0 Å². The standard InChI is InChI=1S/C49H31N3/c50-49-51-47-29-33(32-20-25-44-40-14-4-2-10-36(40)38-12-6-8-16-42(38)46(44)28-32)21-26-48(47)52(49)34-22-17-30(18-23-34)31-19-24-43-39-13-3-1-9-35(39)37-11-5-7-15-41(37)45(43)27-31/h1-29H,(H2,50,51). The van der Waals surface area contributed by atoms with Crippen LogP contribution in [-0.2, 0) is 0 Å². The molecule has 0 amide bonds. The Morgan fingerprint density at radius 1 is 0.327 bits per heavy atom. The van der Waals surface area contributed by atoms with Gasteiger partial charge in [0, 0.05) is 5.69 Å². The second-order valence-electron chi connectivity index (χ2n) is 13.8. The van der Waals surface area contributed by atoms with Crippen LogP contribution in [-0.4, -0.2) is 9.55 Å². The fraction of sp³-hybridized carbons (Fsp3) is 0. The Labute approximate surface area is 299 Å². The van der Waals surface area contributed by atoms with Gasteiger partial charge in [-0.1, -0.05) is 140 Å². The van der Waals surface area contributed by atoms with Gasteiger partial charge in [0.2, 0.25) is 5.95 Å². The number of anilines is 1. The summed E-state index contributed by atoms with van der Waals surface area (Å²) in [6, 6.07) is 63.6. The molecule has 0 saturated heterocycles. The first-order chi connectivity index (χ1) is 25.7. The molecule has 0 unspecified atom stereocenters. The van der Waals surface area contributed by atoms with Gasteiger partial charge in [-0.15, -0.1) is 0 Å². The Bertz CT molecular complexity index is 3170. The van der Waals surface area contributed by atoms with Gasteiger partial charge in [0.25, 0.3) is 0 Å². The van der Waals surface area contributed by atoms with E-state index >= 15 is 0 Å². The van der Waals surface area contributed by atoms with E-state index in [9.17, 15) is 0 Å². The summed E-state index contributed by atoms with van der Waals surface area (Å²) in [4.78, 5) is 4.84. The summed E-state index contributed by atoms with van der Waals surface area (Å²) in [5, 5.41) is 15.3. The summed E-state index contributed by atoms with van der Waals surface area (Å²) in [5.74, 6) is 0.472. The van der Waals surface area contributed by atoms with Gasteiger partial charge in [0.1, 0.15) is 0 Å². The molecule has 2 N–H and O–H groups in total. The van der Waals surface area contributed by atoms with Crippen LogP contribution in [0.2, 0.25) is 0 Å². The Balaban J connectivity index is 0.977. The van der Waals surface area contributed by atoms with E-state index in [0.29, 0.717) is 5.95 Å². The van der Waals surface area contributed by atoms with Crippen molar-refractivity contribution in [1.29, 1.82) is 0 Å². The molecule has 10 aromatic carbocycles. The van der Waals surface area contributed by atoms with E-state index in [2.05, 4.69) is 176 Å². The lowest BCUT2D eigenvalue weighted by atomic mass is 9.92. The quantitative estimate of drug-likeness (QED) is 0.192. The van der Waals surface area contributed by atoms with Crippen LogP contribution in [0, 0.1) is 0 Å². The number of benzene rings is 10. The second-order valence-corrected chi connectivity index (χ2v) is 13.8. The Morgan fingerprint density at radius 2 is 0.673 bits per heavy atom. The summed E-state index contributed by atoms with van der Waals surface area (Å²) in [6.45, 7) is 0. The van der Waals surface area contributed by atoms with Crippen molar-refractivity contribution in [3.63, 3.8) is 0 Å². The average Bonchev–Trinajstić information content (AvgIpc) is 3.55. The first-order valence-electron chi connectivity index (χ1n) is 17.8. The number of nitrogens with two attached hydrogens (primary N) is 1. The van der Waals surface area contributed by atoms with Crippen LogP contribution in [0.4, 0.5) is 5.95 Å². The molecule has 1 heterocycles. The third-order valence-corrected chi connectivity index (χ3v) is 11.0. The first-order valence-corrected chi connectivity index (χ1v) is 17.8. The predicted octanol–water partition coefficient (Wildman–Crippen LogP) is 12.9. The molecule has 242 valence electrons. The zero-order valence-electron chi connectivity index (χ0n) is 28.2. The summed E-state index contributed by atoms with van der Waals surface area (Å²) in [5.41, 5.74) is 14.1. The van der Waals surface area contributed by atoms with Crippen molar-refractivity contribution in [2.24, 2.45) is 0 Å². The van der Waals surface area contributed by atoms with Crippen LogP contribution >= 0.6 is 0 Å². The normalized spacial score (nSPS) is 11.9. The fourth-order valence-corrected chi connectivity index (χ4v) is 8.53. The highest BCUT2D eigenvalue weighted by Gasteiger charge is 2.15. The van der Waals surface area contributed by atoms with E-state index in [1.165, 1.54) is 70.2 Å². The van der Waals surface area contributed by atoms with E-state index in [-0.39, 0.29) is 0 Å². The van der Waals surface area contributed by atoms with Gasteiger partial charge in [-0.25, -0.2) is 4.98 Å². The first kappa shape index (κ1) is 28.8. The van der Waals surface area contributed by atoms with Crippen molar-refractivity contribution < 1.29 is 0 Å². The summed E-state index contributed by atoms with van der Waals surface area (Å²) in [6.07, 6.45) is 0. The van der Waals surface area contributed by atoms with E-state index in [4.69, 9.17) is 10.7 Å². The molecule has 0 radical (unpaired) electrons. The second kappa shape index (κ2) is 11.0. The summed E-state index contributed by atoms with van der Waals surface area (Å²) < 4.78 is 2.04. The molecule has 1 aromatic heterocycles. The Morgan fingerprint density at radius 3 is 1.13 bits per heavy atom. The molecule has 11 rings (SSSR count). The number of rotatable bonds is 3. The van der Waals surface area contributed by atoms with Crippen LogP contribution in [0.5, 0.6) is 0 Å². The molecule has 0 saturated carbocycles. The molecule has 0 spiro atoms. The van der Waals surface area contributed by atoms with E-state index in [0.717, 1.165) is 33.4 Å². The zero-order chi connectivity index (χ0) is 34.3. The van der Waals surface area contributed by atoms with Gasteiger partial charge in [0.05, 0.1) is 11.0 Å². The molecule has 0 atom stereocenters. The van der Waals surface area contributed by atoms with Crippen molar-refractivity contribution in [2.75, 3.05) is 5.73 Å². The highest BCUT2D eigenvalue weighted by Crippen LogP contribution is 2.39. The van der Waals surface area contributed by atoms with Gasteiger partial charge in [-0.05, 0) is 123 Å². The number of nitrogens with zero attached hydrogens (tertiary/aromatic N) is 2. The maximum Gasteiger partial charge on any atom is 0.205 e. The molecule has 0 bridgehead atoms. The minimum absolute atomic E-state index is 0.472. The molecule has 11 aromatic rings. The third kappa shape index (κ3) is 4.23. The molecule has 52 heavy (non-hydrogen) atoms. The average molecular weight is 662 g/mol. The molecular formula is C49H31N3. The van der Waals surface area contributed by atoms with Gasteiger partial charge in [-0.2, -0.15) is 0 Å². The van der Waals surface area contributed by atoms with Gasteiger partial charge < -0.3 is 5.73 Å². The van der Waals surface area contributed by atoms with Crippen LogP contribution in [0.1, 0.15) is 0 Å². The maximum absolute atomic E-state index is 6.63. The maximum atomic E-state index is 6.63. The topological polar surface area (TPSA) is 43.8 Å². The SMILES string of the molecule is Nc1nc2cc(-c3ccc4c5ccccc5c5ccccc5c4c3)ccc2n1-c1ccc(-c2ccc3c4ccccc4c4ccccc4c3c2)cc1. The summed E-state index contributed by atoms with van der Waals surface area (Å²) >= 11 is 0. The van der Waals surface area contributed by atoms with Crippen LogP contribution < -0.4 is 5.73 Å². The molecule has 0 aliphatic rings.